The third-order valence-corrected chi connectivity index (χ3v) is 4.68. The molecule has 0 bridgehead atoms. The van der Waals surface area contributed by atoms with Crippen LogP contribution in [0.4, 0.5) is 17.6 Å². The molecule has 3 heterocycles. The Hall–Kier alpha value is -4.02. The lowest BCUT2D eigenvalue weighted by Crippen LogP contribution is -2.28. The molecule has 0 radical (unpaired) electrons. The van der Waals surface area contributed by atoms with Gasteiger partial charge in [0, 0.05) is 36.1 Å². The van der Waals surface area contributed by atoms with Crippen molar-refractivity contribution in [3.8, 4) is 22.4 Å². The number of carbonyl (C=O) groups is 1. The summed E-state index contributed by atoms with van der Waals surface area (Å²) >= 11 is 0. The third-order valence-electron chi connectivity index (χ3n) is 4.68. The number of halogens is 4. The first-order valence-electron chi connectivity index (χ1n) is 9.46. The summed E-state index contributed by atoms with van der Waals surface area (Å²) < 4.78 is 54.1. The zero-order valence-corrected chi connectivity index (χ0v) is 16.4. The molecular weight excluding hydrogens is 428 g/mol. The van der Waals surface area contributed by atoms with Crippen LogP contribution in [0.25, 0.3) is 22.4 Å². The molecule has 0 aliphatic carbocycles. The lowest BCUT2D eigenvalue weighted by atomic mass is 10.0. The predicted molar refractivity (Wildman–Crippen MR) is 107 cm³/mol. The second kappa shape index (κ2) is 8.61. The summed E-state index contributed by atoms with van der Waals surface area (Å²) in [5, 5.41) is 12.0. The van der Waals surface area contributed by atoms with E-state index in [4.69, 9.17) is 0 Å². The number of H-pyrrole nitrogens is 1. The molecule has 3 aromatic heterocycles. The number of pyridine rings is 1. The Morgan fingerprint density at radius 3 is 2.53 bits per heavy atom. The number of carbonyl (C=O) groups excluding carboxylic acids is 1. The van der Waals surface area contributed by atoms with Crippen LogP contribution in [0.1, 0.15) is 16.2 Å². The lowest BCUT2D eigenvalue weighted by Gasteiger charge is -2.11. The molecule has 1 aromatic carbocycles. The van der Waals surface area contributed by atoms with Crippen LogP contribution >= 0.6 is 0 Å². The lowest BCUT2D eigenvalue weighted by molar-refractivity contribution is -0.141. The maximum absolute atomic E-state index is 14.6. The van der Waals surface area contributed by atoms with Crippen LogP contribution < -0.4 is 5.32 Å². The van der Waals surface area contributed by atoms with Gasteiger partial charge < -0.3 is 5.32 Å². The van der Waals surface area contributed by atoms with Gasteiger partial charge in [-0.15, -0.1) is 0 Å². The summed E-state index contributed by atoms with van der Waals surface area (Å²) in [6.07, 6.45) is 0.176. The van der Waals surface area contributed by atoms with E-state index < -0.39 is 23.6 Å². The molecular formula is C21H16F4N6O. The molecule has 7 nitrogen and oxygen atoms in total. The molecule has 0 spiro atoms. The van der Waals surface area contributed by atoms with Gasteiger partial charge in [0.05, 0.1) is 18.4 Å². The minimum absolute atomic E-state index is 0.0337. The molecule has 0 aliphatic rings. The van der Waals surface area contributed by atoms with Gasteiger partial charge in [0.15, 0.2) is 5.69 Å². The van der Waals surface area contributed by atoms with E-state index in [1.165, 1.54) is 10.7 Å². The third kappa shape index (κ3) is 4.36. The average molecular weight is 444 g/mol. The minimum Gasteiger partial charge on any atom is -0.349 e. The Morgan fingerprint density at radius 2 is 1.84 bits per heavy atom. The fourth-order valence-corrected chi connectivity index (χ4v) is 3.18. The Morgan fingerprint density at radius 1 is 1.09 bits per heavy atom. The van der Waals surface area contributed by atoms with Gasteiger partial charge >= 0.3 is 6.18 Å². The van der Waals surface area contributed by atoms with Crippen molar-refractivity contribution in [2.75, 3.05) is 6.54 Å². The van der Waals surface area contributed by atoms with Crippen LogP contribution in [0.5, 0.6) is 0 Å². The molecule has 1 amide bonds. The van der Waals surface area contributed by atoms with Crippen LogP contribution in [0.2, 0.25) is 0 Å². The van der Waals surface area contributed by atoms with Gasteiger partial charge in [-0.1, -0.05) is 12.1 Å². The van der Waals surface area contributed by atoms with Gasteiger partial charge in [-0.2, -0.15) is 23.4 Å². The van der Waals surface area contributed by atoms with Crippen molar-refractivity contribution < 1.29 is 22.4 Å². The van der Waals surface area contributed by atoms with E-state index in [9.17, 15) is 22.4 Å². The standard InChI is InChI=1S/C21H16F4N6O/c22-16-4-2-1-3-14(16)19-15(13-5-7-26-8-6-13)12-28-31(19)10-9-27-20(32)17-11-18(30-29-17)21(23,24)25/h1-8,11-12H,9-10H2,(H,27,32)(H,29,30). The highest BCUT2D eigenvalue weighted by atomic mass is 19.4. The average Bonchev–Trinajstić information content (AvgIpc) is 3.42. The first-order chi connectivity index (χ1) is 15.3. The highest BCUT2D eigenvalue weighted by Gasteiger charge is 2.33. The molecule has 0 fully saturated rings. The summed E-state index contributed by atoms with van der Waals surface area (Å²) in [6.45, 7) is 0.184. The van der Waals surface area contributed by atoms with E-state index in [0.717, 1.165) is 5.56 Å². The summed E-state index contributed by atoms with van der Waals surface area (Å²) in [5.41, 5.74) is 0.784. The number of alkyl halides is 3. The highest BCUT2D eigenvalue weighted by Crippen LogP contribution is 2.33. The van der Waals surface area contributed by atoms with E-state index >= 15 is 0 Å². The van der Waals surface area contributed by atoms with Crippen LogP contribution in [0.15, 0.2) is 61.1 Å². The minimum atomic E-state index is -4.63. The first kappa shape index (κ1) is 21.2. The number of aromatic amines is 1. The van der Waals surface area contributed by atoms with E-state index in [0.29, 0.717) is 22.9 Å². The molecule has 0 unspecified atom stereocenters. The Balaban J connectivity index is 1.55. The zero-order valence-electron chi connectivity index (χ0n) is 16.4. The van der Waals surface area contributed by atoms with Gasteiger partial charge in [0.1, 0.15) is 11.5 Å². The molecule has 4 rings (SSSR count). The number of aromatic nitrogens is 5. The van der Waals surface area contributed by atoms with Crippen LogP contribution in [0.3, 0.4) is 0 Å². The van der Waals surface area contributed by atoms with Gasteiger partial charge in [-0.3, -0.25) is 19.6 Å². The monoisotopic (exact) mass is 444 g/mol. The number of hydrogen-bond acceptors (Lipinski definition) is 4. The topological polar surface area (TPSA) is 88.5 Å². The van der Waals surface area contributed by atoms with E-state index in [-0.39, 0.29) is 18.8 Å². The van der Waals surface area contributed by atoms with Crippen molar-refractivity contribution in [2.45, 2.75) is 12.7 Å². The molecule has 0 aliphatic heterocycles. The van der Waals surface area contributed by atoms with Crippen molar-refractivity contribution in [1.29, 1.82) is 0 Å². The molecule has 11 heteroatoms. The maximum Gasteiger partial charge on any atom is 0.432 e. The van der Waals surface area contributed by atoms with E-state index in [2.05, 4.69) is 20.5 Å². The second-order valence-electron chi connectivity index (χ2n) is 6.77. The normalized spacial score (nSPS) is 11.5. The SMILES string of the molecule is O=C(NCCn1ncc(-c2ccncc2)c1-c1ccccc1F)c1cc(C(F)(F)F)[nH]n1. The van der Waals surface area contributed by atoms with Crippen molar-refractivity contribution >= 4 is 5.91 Å². The van der Waals surface area contributed by atoms with Gasteiger partial charge in [-0.05, 0) is 29.8 Å². The highest BCUT2D eigenvalue weighted by molar-refractivity contribution is 5.92. The van der Waals surface area contributed by atoms with Crippen molar-refractivity contribution in [2.24, 2.45) is 0 Å². The summed E-state index contributed by atoms with van der Waals surface area (Å²) in [5.74, 6) is -1.21. The van der Waals surface area contributed by atoms with Crippen molar-refractivity contribution in [3.63, 3.8) is 0 Å². The van der Waals surface area contributed by atoms with Crippen molar-refractivity contribution in [1.82, 2.24) is 30.3 Å². The molecule has 4 aromatic rings. The zero-order chi connectivity index (χ0) is 22.7. The van der Waals surface area contributed by atoms with Crippen LogP contribution in [0, 0.1) is 5.82 Å². The van der Waals surface area contributed by atoms with Gasteiger partial charge in [0.2, 0.25) is 0 Å². The summed E-state index contributed by atoms with van der Waals surface area (Å²) in [6, 6.07) is 10.4. The fourth-order valence-electron chi connectivity index (χ4n) is 3.18. The van der Waals surface area contributed by atoms with Gasteiger partial charge in [0.25, 0.3) is 5.91 Å². The van der Waals surface area contributed by atoms with Gasteiger partial charge in [-0.25, -0.2) is 4.39 Å². The largest absolute Gasteiger partial charge is 0.432 e. The summed E-state index contributed by atoms with van der Waals surface area (Å²) in [4.78, 5) is 16.1. The molecule has 0 atom stereocenters. The number of hydrogen-bond donors (Lipinski definition) is 2. The van der Waals surface area contributed by atoms with Crippen LogP contribution in [-0.4, -0.2) is 37.4 Å². The maximum atomic E-state index is 14.6. The van der Waals surface area contributed by atoms with E-state index in [1.807, 2.05) is 0 Å². The molecule has 164 valence electrons. The Kier molecular flexibility index (Phi) is 5.71. The smallest absolute Gasteiger partial charge is 0.349 e. The number of nitrogens with one attached hydrogen (secondary N) is 2. The van der Waals surface area contributed by atoms with Crippen molar-refractivity contribution in [3.05, 3.63) is 78.3 Å². The summed E-state index contributed by atoms with van der Waals surface area (Å²) in [7, 11) is 0. The Labute approximate surface area is 179 Å². The number of nitrogens with zero attached hydrogens (tertiary/aromatic N) is 4. The molecule has 32 heavy (non-hydrogen) atoms. The molecule has 2 N–H and O–H groups in total. The second-order valence-corrected chi connectivity index (χ2v) is 6.77. The predicted octanol–water partition coefficient (Wildman–Crippen LogP) is 3.92. The molecule has 0 saturated carbocycles. The number of rotatable bonds is 6. The molecule has 0 saturated heterocycles. The fraction of sp³-hybridized carbons (Fsp3) is 0.143. The quantitative estimate of drug-likeness (QED) is 0.441. The number of amides is 1. The van der Waals surface area contributed by atoms with Crippen LogP contribution in [-0.2, 0) is 12.7 Å². The Bertz CT molecular complexity index is 1230. The first-order valence-corrected chi connectivity index (χ1v) is 9.46. The van der Waals surface area contributed by atoms with E-state index in [1.54, 1.807) is 54.0 Å². The number of benzene rings is 1.